The lowest BCUT2D eigenvalue weighted by Crippen LogP contribution is -2.29. The molecule has 0 rings (SSSR count). The quantitative estimate of drug-likeness (QED) is 0.0394. The van der Waals surface area contributed by atoms with Gasteiger partial charge in [-0.2, -0.15) is 0 Å². The average molecular weight is 692 g/mol. The van der Waals surface area contributed by atoms with Crippen LogP contribution >= 0.6 is 0 Å². The van der Waals surface area contributed by atoms with Crippen molar-refractivity contribution in [2.45, 2.75) is 233 Å². The van der Waals surface area contributed by atoms with Crippen LogP contribution < -0.4 is 0 Å². The predicted octanol–water partition coefficient (Wildman–Crippen LogP) is 13.9. The fraction of sp³-hybridized carbons (Fsp3) is 0.933. The topological polar surface area (TPSA) is 49.8 Å². The number of carbonyl (C=O) groups is 1. The maximum Gasteiger partial charge on any atom is 0.305 e. The first kappa shape index (κ1) is 48.1. The van der Waals surface area contributed by atoms with Gasteiger partial charge in [-0.25, -0.2) is 0 Å². The van der Waals surface area contributed by atoms with Crippen molar-refractivity contribution in [3.05, 3.63) is 12.2 Å². The Labute approximate surface area is 308 Å². The van der Waals surface area contributed by atoms with Gasteiger partial charge in [0.2, 0.25) is 0 Å². The molecule has 4 heteroatoms. The Balaban J connectivity index is 3.90. The highest BCUT2D eigenvalue weighted by Gasteiger charge is 2.07. The van der Waals surface area contributed by atoms with Gasteiger partial charge in [0, 0.05) is 13.0 Å². The molecular formula is C45H89NO3. The van der Waals surface area contributed by atoms with Crippen LogP contribution in [0.25, 0.3) is 0 Å². The van der Waals surface area contributed by atoms with Gasteiger partial charge in [-0.15, -0.1) is 0 Å². The summed E-state index contributed by atoms with van der Waals surface area (Å²) < 4.78 is 5.42. The van der Waals surface area contributed by atoms with E-state index in [1.165, 1.54) is 186 Å². The Bertz CT molecular complexity index is 650. The molecule has 0 aromatic carbocycles. The molecule has 4 nitrogen and oxygen atoms in total. The van der Waals surface area contributed by atoms with Gasteiger partial charge in [0.1, 0.15) is 0 Å². The number of ether oxygens (including phenoxy) is 1. The van der Waals surface area contributed by atoms with Crippen LogP contribution in [0.4, 0.5) is 0 Å². The number of hydrogen-bond acceptors (Lipinski definition) is 4. The van der Waals surface area contributed by atoms with E-state index >= 15 is 0 Å². The zero-order chi connectivity index (χ0) is 35.7. The van der Waals surface area contributed by atoms with Crippen LogP contribution in [0.3, 0.4) is 0 Å². The van der Waals surface area contributed by atoms with E-state index in [0.29, 0.717) is 13.0 Å². The molecule has 0 atom stereocenters. The molecule has 0 aromatic heterocycles. The molecule has 0 fully saturated rings. The van der Waals surface area contributed by atoms with E-state index in [2.05, 4.69) is 37.8 Å². The molecule has 0 aromatic rings. The highest BCUT2D eigenvalue weighted by Crippen LogP contribution is 2.21. The monoisotopic (exact) mass is 692 g/mol. The van der Waals surface area contributed by atoms with E-state index in [4.69, 9.17) is 4.74 Å². The first-order valence-corrected chi connectivity index (χ1v) is 22.3. The molecule has 0 unspecified atom stereocenters. The number of aliphatic hydroxyl groups excluding tert-OH is 1. The second-order valence-corrected chi connectivity index (χ2v) is 15.3. The average Bonchev–Trinajstić information content (AvgIpc) is 3.10. The number of unbranched alkanes of at least 4 members (excludes halogenated alkanes) is 25. The van der Waals surface area contributed by atoms with E-state index < -0.39 is 0 Å². The van der Waals surface area contributed by atoms with Crippen molar-refractivity contribution < 1.29 is 14.6 Å². The summed E-state index contributed by atoms with van der Waals surface area (Å²) in [6, 6.07) is 0. The first-order valence-electron chi connectivity index (χ1n) is 22.3. The van der Waals surface area contributed by atoms with E-state index in [1.54, 1.807) is 0 Å². The number of aliphatic hydroxyl groups is 1. The Morgan fingerprint density at radius 1 is 0.531 bits per heavy atom. The van der Waals surface area contributed by atoms with Crippen molar-refractivity contribution in [3.8, 4) is 0 Å². The summed E-state index contributed by atoms with van der Waals surface area (Å²) in [4.78, 5) is 14.4. The molecule has 0 aliphatic carbocycles. The number of allylic oxidation sites excluding steroid dienone is 2. The van der Waals surface area contributed by atoms with Gasteiger partial charge < -0.3 is 14.7 Å². The number of nitrogens with zero attached hydrogens (tertiary/aromatic N) is 1. The van der Waals surface area contributed by atoms with Crippen molar-refractivity contribution in [1.29, 1.82) is 0 Å². The normalized spacial score (nSPS) is 11.9. The second-order valence-electron chi connectivity index (χ2n) is 15.3. The third-order valence-corrected chi connectivity index (χ3v) is 10.4. The fourth-order valence-electron chi connectivity index (χ4n) is 7.06. The lowest BCUT2D eigenvalue weighted by molar-refractivity contribution is -0.143. The molecule has 0 spiro atoms. The van der Waals surface area contributed by atoms with Crippen LogP contribution in [0.15, 0.2) is 12.2 Å². The van der Waals surface area contributed by atoms with Crippen molar-refractivity contribution in [2.24, 2.45) is 5.92 Å². The largest absolute Gasteiger partial charge is 0.466 e. The summed E-state index contributed by atoms with van der Waals surface area (Å²) in [5, 5.41) is 9.55. The lowest BCUT2D eigenvalue weighted by atomic mass is 9.93. The van der Waals surface area contributed by atoms with Gasteiger partial charge in [0.05, 0.1) is 13.2 Å². The summed E-state index contributed by atoms with van der Waals surface area (Å²) in [6.45, 7) is 10.7. The van der Waals surface area contributed by atoms with Gasteiger partial charge in [-0.3, -0.25) is 4.79 Å². The minimum absolute atomic E-state index is 0.0113. The smallest absolute Gasteiger partial charge is 0.305 e. The maximum absolute atomic E-state index is 12.0. The molecule has 0 saturated carbocycles. The Morgan fingerprint density at radius 2 is 0.959 bits per heavy atom. The van der Waals surface area contributed by atoms with Crippen LogP contribution in [0.2, 0.25) is 0 Å². The highest BCUT2D eigenvalue weighted by atomic mass is 16.5. The van der Waals surface area contributed by atoms with Crippen LogP contribution in [-0.2, 0) is 9.53 Å². The van der Waals surface area contributed by atoms with E-state index in [0.717, 1.165) is 44.8 Å². The number of carbonyl (C=O) groups excluding carboxylic acids is 1. The molecule has 0 saturated heterocycles. The molecule has 292 valence electrons. The number of rotatable bonds is 41. The zero-order valence-electron chi connectivity index (χ0n) is 33.8. The predicted molar refractivity (Wildman–Crippen MR) is 216 cm³/mol. The van der Waals surface area contributed by atoms with Crippen molar-refractivity contribution in [3.63, 3.8) is 0 Å². The molecule has 0 amide bonds. The third kappa shape index (κ3) is 38.2. The first-order chi connectivity index (χ1) is 24.2. The zero-order valence-corrected chi connectivity index (χ0v) is 33.8. The minimum atomic E-state index is -0.0113. The second kappa shape index (κ2) is 41.5. The van der Waals surface area contributed by atoms with Gasteiger partial charge in [0.15, 0.2) is 0 Å². The van der Waals surface area contributed by atoms with Gasteiger partial charge in [-0.1, -0.05) is 187 Å². The van der Waals surface area contributed by atoms with Gasteiger partial charge in [0.25, 0.3) is 0 Å². The number of esters is 1. The molecule has 0 aliphatic rings. The van der Waals surface area contributed by atoms with Crippen LogP contribution in [-0.4, -0.2) is 48.8 Å². The Morgan fingerprint density at radius 3 is 1.47 bits per heavy atom. The maximum atomic E-state index is 12.0. The summed E-state index contributed by atoms with van der Waals surface area (Å²) >= 11 is 0. The SMILES string of the molecule is CCCCCCCCCOC(=O)CCCCCCCN(CCO)CCCCCCC/C=C\C(CCCCCCCC)CCCCCCCC. The highest BCUT2D eigenvalue weighted by molar-refractivity contribution is 5.69. The van der Waals surface area contributed by atoms with Crippen LogP contribution in [0, 0.1) is 5.92 Å². The standard InChI is InChI=1S/C45H89NO3/c1-4-7-10-13-19-27-34-43-49-45(48)38-31-24-20-26-33-40-46(41-42-47)39-32-25-18-16-17-23-30-37-44(35-28-21-14-11-8-5-2)36-29-22-15-12-9-6-3/h30,37,44,47H,4-29,31-36,38-43H2,1-3H3/b37-30-. The minimum Gasteiger partial charge on any atom is -0.466 e. The molecule has 49 heavy (non-hydrogen) atoms. The molecule has 0 heterocycles. The van der Waals surface area contributed by atoms with Crippen molar-refractivity contribution in [2.75, 3.05) is 32.8 Å². The van der Waals surface area contributed by atoms with E-state index in [-0.39, 0.29) is 12.6 Å². The van der Waals surface area contributed by atoms with Crippen LogP contribution in [0.5, 0.6) is 0 Å². The summed E-state index contributed by atoms with van der Waals surface area (Å²) in [7, 11) is 0. The van der Waals surface area contributed by atoms with Gasteiger partial charge >= 0.3 is 5.97 Å². The molecule has 0 aliphatic heterocycles. The Hall–Kier alpha value is -0.870. The summed E-state index contributed by atoms with van der Waals surface area (Å²) in [6.07, 6.45) is 47.6. The number of hydrogen-bond donors (Lipinski definition) is 1. The van der Waals surface area contributed by atoms with E-state index in [1.807, 2.05) is 0 Å². The third-order valence-electron chi connectivity index (χ3n) is 10.4. The molecule has 0 bridgehead atoms. The van der Waals surface area contributed by atoms with Crippen molar-refractivity contribution in [1.82, 2.24) is 4.90 Å². The fourth-order valence-corrected chi connectivity index (χ4v) is 7.06. The molecule has 0 radical (unpaired) electrons. The summed E-state index contributed by atoms with van der Waals surface area (Å²) in [5.74, 6) is 0.797. The van der Waals surface area contributed by atoms with E-state index in [9.17, 15) is 9.90 Å². The van der Waals surface area contributed by atoms with Gasteiger partial charge in [-0.05, 0) is 70.4 Å². The summed E-state index contributed by atoms with van der Waals surface area (Å²) in [5.41, 5.74) is 0. The van der Waals surface area contributed by atoms with Crippen LogP contribution in [0.1, 0.15) is 233 Å². The Kier molecular flexibility index (Phi) is 40.8. The van der Waals surface area contributed by atoms with Crippen molar-refractivity contribution >= 4 is 5.97 Å². The molecule has 1 N–H and O–H groups in total. The lowest BCUT2D eigenvalue weighted by Gasteiger charge is -2.21. The molecular weight excluding hydrogens is 602 g/mol.